The van der Waals surface area contributed by atoms with Gasteiger partial charge >= 0.3 is 0 Å². The average Bonchev–Trinajstić information content (AvgIpc) is 3.00. The van der Waals surface area contributed by atoms with Gasteiger partial charge < -0.3 is 4.90 Å². The fourth-order valence-electron chi connectivity index (χ4n) is 3.49. The van der Waals surface area contributed by atoms with E-state index in [9.17, 15) is 9.59 Å². The lowest BCUT2D eigenvalue weighted by molar-refractivity contribution is -0.119. The van der Waals surface area contributed by atoms with Gasteiger partial charge in [0.1, 0.15) is 6.54 Å². The highest BCUT2D eigenvalue weighted by molar-refractivity contribution is 6.30. The molecule has 1 amide bonds. The SMILES string of the molecule is CC1Cc2ccccc2N1C(=O)Cn1cnc(-c2ccc(Cl)cc2)cc1=O. The van der Waals surface area contributed by atoms with Crippen LogP contribution in [0, 0.1) is 0 Å². The first kappa shape index (κ1) is 17.5. The highest BCUT2D eigenvalue weighted by Gasteiger charge is 2.30. The first-order valence-electron chi connectivity index (χ1n) is 8.75. The second-order valence-electron chi connectivity index (χ2n) is 6.69. The van der Waals surface area contributed by atoms with Gasteiger partial charge in [0, 0.05) is 28.4 Å². The van der Waals surface area contributed by atoms with Crippen LogP contribution in [0.1, 0.15) is 12.5 Å². The highest BCUT2D eigenvalue weighted by atomic mass is 35.5. The molecule has 0 saturated carbocycles. The molecule has 6 heteroatoms. The Hall–Kier alpha value is -2.92. The Bertz CT molecular complexity index is 1060. The van der Waals surface area contributed by atoms with E-state index in [1.165, 1.54) is 17.0 Å². The van der Waals surface area contributed by atoms with Crippen molar-refractivity contribution < 1.29 is 4.79 Å². The second-order valence-corrected chi connectivity index (χ2v) is 7.13. The lowest BCUT2D eigenvalue weighted by Crippen LogP contribution is -2.39. The maximum Gasteiger partial charge on any atom is 0.254 e. The van der Waals surface area contributed by atoms with Crippen molar-refractivity contribution >= 4 is 23.2 Å². The number of para-hydroxylation sites is 1. The smallest absolute Gasteiger partial charge is 0.254 e. The van der Waals surface area contributed by atoms with Gasteiger partial charge in [-0.25, -0.2) is 4.98 Å². The summed E-state index contributed by atoms with van der Waals surface area (Å²) >= 11 is 5.89. The number of hydrogen-bond acceptors (Lipinski definition) is 3. The Balaban J connectivity index is 1.57. The van der Waals surface area contributed by atoms with Gasteiger partial charge in [0.05, 0.1) is 12.0 Å². The molecule has 1 aromatic heterocycles. The molecule has 0 aliphatic carbocycles. The summed E-state index contributed by atoms with van der Waals surface area (Å²) < 4.78 is 1.34. The standard InChI is InChI=1S/C21H18ClN3O2/c1-14-10-16-4-2-3-5-19(16)25(14)21(27)12-24-13-23-18(11-20(24)26)15-6-8-17(22)9-7-15/h2-9,11,13-14H,10,12H2,1H3. The third kappa shape index (κ3) is 3.38. The van der Waals surface area contributed by atoms with Crippen LogP contribution in [0.15, 0.2) is 65.7 Å². The first-order valence-corrected chi connectivity index (χ1v) is 9.13. The number of fused-ring (bicyclic) bond motifs is 1. The molecule has 2 heterocycles. The molecule has 1 aliphatic heterocycles. The minimum atomic E-state index is -0.261. The molecule has 0 bridgehead atoms. The van der Waals surface area contributed by atoms with Crippen molar-refractivity contribution in [2.45, 2.75) is 25.9 Å². The summed E-state index contributed by atoms with van der Waals surface area (Å²) in [4.78, 5) is 31.4. The van der Waals surface area contributed by atoms with E-state index in [0.717, 1.165) is 23.2 Å². The van der Waals surface area contributed by atoms with E-state index >= 15 is 0 Å². The zero-order chi connectivity index (χ0) is 19.0. The van der Waals surface area contributed by atoms with E-state index in [1.807, 2.05) is 43.3 Å². The number of carbonyl (C=O) groups is 1. The average molecular weight is 380 g/mol. The maximum absolute atomic E-state index is 12.9. The molecule has 27 heavy (non-hydrogen) atoms. The van der Waals surface area contributed by atoms with Crippen LogP contribution in [-0.4, -0.2) is 21.5 Å². The predicted molar refractivity (Wildman–Crippen MR) is 106 cm³/mol. The number of amides is 1. The van der Waals surface area contributed by atoms with E-state index < -0.39 is 0 Å². The Labute approximate surface area is 161 Å². The van der Waals surface area contributed by atoms with Gasteiger partial charge in [-0.1, -0.05) is 41.9 Å². The molecule has 0 saturated heterocycles. The van der Waals surface area contributed by atoms with Crippen molar-refractivity contribution in [2.24, 2.45) is 0 Å². The zero-order valence-electron chi connectivity index (χ0n) is 14.8. The van der Waals surface area contributed by atoms with Crippen LogP contribution in [0.2, 0.25) is 5.02 Å². The van der Waals surface area contributed by atoms with Crippen LogP contribution in [0.5, 0.6) is 0 Å². The number of halogens is 1. The lowest BCUT2D eigenvalue weighted by atomic mass is 10.1. The Morgan fingerprint density at radius 2 is 1.93 bits per heavy atom. The van der Waals surface area contributed by atoms with Gasteiger partial charge in [0.25, 0.3) is 5.56 Å². The molecule has 0 spiro atoms. The molecule has 0 radical (unpaired) electrons. The largest absolute Gasteiger partial charge is 0.307 e. The van der Waals surface area contributed by atoms with Crippen molar-refractivity contribution in [1.82, 2.24) is 9.55 Å². The van der Waals surface area contributed by atoms with Gasteiger partial charge in [-0.15, -0.1) is 0 Å². The summed E-state index contributed by atoms with van der Waals surface area (Å²) in [5.41, 5.74) is 3.18. The Morgan fingerprint density at radius 3 is 2.67 bits per heavy atom. The van der Waals surface area contributed by atoms with Gasteiger partial charge in [0.2, 0.25) is 5.91 Å². The number of nitrogens with zero attached hydrogens (tertiary/aromatic N) is 3. The zero-order valence-corrected chi connectivity index (χ0v) is 15.6. The monoisotopic (exact) mass is 379 g/mol. The first-order chi connectivity index (χ1) is 13.0. The number of anilines is 1. The van der Waals surface area contributed by atoms with Crippen molar-refractivity contribution in [1.29, 1.82) is 0 Å². The van der Waals surface area contributed by atoms with Crippen LogP contribution in [0.25, 0.3) is 11.3 Å². The molecule has 1 atom stereocenters. The minimum absolute atomic E-state index is 0.0363. The molecule has 136 valence electrons. The number of rotatable bonds is 3. The molecule has 1 unspecified atom stereocenters. The third-order valence-electron chi connectivity index (χ3n) is 4.80. The molecule has 2 aromatic carbocycles. The van der Waals surface area contributed by atoms with Crippen molar-refractivity contribution in [2.75, 3.05) is 4.90 Å². The van der Waals surface area contributed by atoms with Gasteiger partial charge in [-0.05, 0) is 37.1 Å². The molecule has 1 aliphatic rings. The summed E-state index contributed by atoms with van der Waals surface area (Å²) in [6.45, 7) is 1.98. The van der Waals surface area contributed by atoms with Crippen LogP contribution in [-0.2, 0) is 17.8 Å². The third-order valence-corrected chi connectivity index (χ3v) is 5.05. The quantitative estimate of drug-likeness (QED) is 0.699. The van der Waals surface area contributed by atoms with E-state index in [1.54, 1.807) is 17.0 Å². The van der Waals surface area contributed by atoms with Crippen LogP contribution in [0.3, 0.4) is 0 Å². The van der Waals surface area contributed by atoms with Crippen LogP contribution < -0.4 is 10.5 Å². The summed E-state index contributed by atoms with van der Waals surface area (Å²) in [6, 6.07) is 16.5. The molecule has 5 nitrogen and oxygen atoms in total. The number of benzene rings is 2. The van der Waals surface area contributed by atoms with Crippen LogP contribution >= 0.6 is 11.6 Å². The minimum Gasteiger partial charge on any atom is -0.307 e. The van der Waals surface area contributed by atoms with Crippen molar-refractivity contribution in [3.05, 3.63) is 81.9 Å². The second kappa shape index (κ2) is 7.00. The fourth-order valence-corrected chi connectivity index (χ4v) is 3.62. The van der Waals surface area contributed by atoms with Crippen molar-refractivity contribution in [3.8, 4) is 11.3 Å². The van der Waals surface area contributed by atoms with E-state index in [-0.39, 0.29) is 24.1 Å². The van der Waals surface area contributed by atoms with E-state index in [2.05, 4.69) is 4.98 Å². The van der Waals surface area contributed by atoms with Gasteiger partial charge in [0.15, 0.2) is 0 Å². The lowest BCUT2D eigenvalue weighted by Gasteiger charge is -2.23. The predicted octanol–water partition coefficient (Wildman–Crippen LogP) is 3.54. The van der Waals surface area contributed by atoms with E-state index in [0.29, 0.717) is 10.7 Å². The van der Waals surface area contributed by atoms with Gasteiger partial charge in [-0.3, -0.25) is 14.2 Å². The molecule has 3 aromatic rings. The van der Waals surface area contributed by atoms with Crippen molar-refractivity contribution in [3.63, 3.8) is 0 Å². The Morgan fingerprint density at radius 1 is 1.19 bits per heavy atom. The van der Waals surface area contributed by atoms with Gasteiger partial charge in [-0.2, -0.15) is 0 Å². The summed E-state index contributed by atoms with van der Waals surface area (Å²) in [5, 5.41) is 0.623. The number of aromatic nitrogens is 2. The van der Waals surface area contributed by atoms with E-state index in [4.69, 9.17) is 11.6 Å². The topological polar surface area (TPSA) is 55.2 Å². The maximum atomic E-state index is 12.9. The van der Waals surface area contributed by atoms with Crippen LogP contribution in [0.4, 0.5) is 5.69 Å². The molecular weight excluding hydrogens is 362 g/mol. The number of hydrogen-bond donors (Lipinski definition) is 0. The molecular formula is C21H18ClN3O2. The summed E-state index contributed by atoms with van der Waals surface area (Å²) in [7, 11) is 0. The molecule has 4 rings (SSSR count). The fraction of sp³-hybridized carbons (Fsp3) is 0.190. The summed E-state index contributed by atoms with van der Waals surface area (Å²) in [5.74, 6) is -0.115. The molecule has 0 fully saturated rings. The number of carbonyl (C=O) groups excluding carboxylic acids is 1. The highest BCUT2D eigenvalue weighted by Crippen LogP contribution is 2.31. The normalized spacial score (nSPS) is 15.6. The molecule has 0 N–H and O–H groups in total. The summed E-state index contributed by atoms with van der Waals surface area (Å²) in [6.07, 6.45) is 2.25. The Kier molecular flexibility index (Phi) is 4.54.